The average Bonchev–Trinajstić information content (AvgIpc) is 2.40. The molecule has 18 heavy (non-hydrogen) atoms. The highest BCUT2D eigenvalue weighted by molar-refractivity contribution is 7.80. The minimum Gasteiger partial charge on any atom is -0.381 e. The van der Waals surface area contributed by atoms with E-state index in [9.17, 15) is 4.79 Å². The summed E-state index contributed by atoms with van der Waals surface area (Å²) in [6, 6.07) is 7.32. The largest absolute Gasteiger partial charge is 0.381 e. The van der Waals surface area contributed by atoms with E-state index in [0.29, 0.717) is 11.5 Å². The Balaban J connectivity index is 1.93. The molecular weight excluding hydrogens is 246 g/mol. The molecule has 1 heterocycles. The summed E-state index contributed by atoms with van der Waals surface area (Å²) in [6.45, 7) is 2.40. The minimum absolute atomic E-state index is 0.0638. The third-order valence-electron chi connectivity index (χ3n) is 3.25. The van der Waals surface area contributed by atoms with E-state index in [-0.39, 0.29) is 5.91 Å². The Bertz CT molecular complexity index is 399. The second-order valence-corrected chi connectivity index (χ2v) is 5.33. The molecule has 0 saturated carbocycles. The molecule has 1 aliphatic heterocycles. The molecule has 1 amide bonds. The summed E-state index contributed by atoms with van der Waals surface area (Å²) >= 11 is 4.22. The highest BCUT2D eigenvalue weighted by atomic mass is 32.1. The molecule has 0 aromatic heterocycles. The third kappa shape index (κ3) is 3.50. The SMILES string of the molecule is CN(CC1CCCOC1)C(=O)c1ccc(S)cc1. The van der Waals surface area contributed by atoms with E-state index in [2.05, 4.69) is 12.6 Å². The van der Waals surface area contributed by atoms with Crippen molar-refractivity contribution < 1.29 is 9.53 Å². The quantitative estimate of drug-likeness (QED) is 0.851. The predicted molar refractivity (Wildman–Crippen MR) is 74.2 cm³/mol. The van der Waals surface area contributed by atoms with Crippen LogP contribution < -0.4 is 0 Å². The molecule has 1 atom stereocenters. The lowest BCUT2D eigenvalue weighted by atomic mass is 10.0. The van der Waals surface area contributed by atoms with Crippen molar-refractivity contribution in [3.05, 3.63) is 29.8 Å². The molecule has 0 bridgehead atoms. The summed E-state index contributed by atoms with van der Waals surface area (Å²) in [5.41, 5.74) is 0.715. The summed E-state index contributed by atoms with van der Waals surface area (Å²) < 4.78 is 5.44. The summed E-state index contributed by atoms with van der Waals surface area (Å²) in [4.78, 5) is 14.8. The zero-order chi connectivity index (χ0) is 13.0. The monoisotopic (exact) mass is 265 g/mol. The van der Waals surface area contributed by atoms with Gasteiger partial charge in [0.1, 0.15) is 0 Å². The summed E-state index contributed by atoms with van der Waals surface area (Å²) in [5.74, 6) is 0.533. The maximum absolute atomic E-state index is 12.2. The van der Waals surface area contributed by atoms with Crippen molar-refractivity contribution in [3.63, 3.8) is 0 Å². The van der Waals surface area contributed by atoms with Gasteiger partial charge in [0.05, 0.1) is 6.61 Å². The lowest BCUT2D eigenvalue weighted by Gasteiger charge is -2.27. The van der Waals surface area contributed by atoms with E-state index in [1.165, 1.54) is 0 Å². The van der Waals surface area contributed by atoms with Crippen LogP contribution in [0.5, 0.6) is 0 Å². The summed E-state index contributed by atoms with van der Waals surface area (Å²) in [5, 5.41) is 0. The number of carbonyl (C=O) groups is 1. The van der Waals surface area contributed by atoms with Gasteiger partial charge in [-0.3, -0.25) is 4.79 Å². The van der Waals surface area contributed by atoms with Gasteiger partial charge in [0.2, 0.25) is 0 Å². The van der Waals surface area contributed by atoms with Crippen LogP contribution in [0.1, 0.15) is 23.2 Å². The number of nitrogens with zero attached hydrogens (tertiary/aromatic N) is 1. The molecule has 1 saturated heterocycles. The highest BCUT2D eigenvalue weighted by Gasteiger charge is 2.19. The Morgan fingerprint density at radius 1 is 1.44 bits per heavy atom. The predicted octanol–water partition coefficient (Wildman–Crippen LogP) is 2.47. The number of amides is 1. The van der Waals surface area contributed by atoms with Crippen LogP contribution in [0.15, 0.2) is 29.2 Å². The van der Waals surface area contributed by atoms with E-state index in [1.807, 2.05) is 31.3 Å². The van der Waals surface area contributed by atoms with Crippen LogP contribution in [0.25, 0.3) is 0 Å². The second-order valence-electron chi connectivity index (χ2n) is 4.82. The lowest BCUT2D eigenvalue weighted by Crippen LogP contribution is -2.35. The van der Waals surface area contributed by atoms with E-state index in [1.54, 1.807) is 4.90 Å². The molecule has 0 aliphatic carbocycles. The highest BCUT2D eigenvalue weighted by Crippen LogP contribution is 2.16. The van der Waals surface area contributed by atoms with Crippen molar-refractivity contribution in [1.29, 1.82) is 0 Å². The number of carbonyl (C=O) groups excluding carboxylic acids is 1. The fourth-order valence-corrected chi connectivity index (χ4v) is 2.40. The van der Waals surface area contributed by atoms with Gasteiger partial charge in [-0.1, -0.05) is 0 Å². The zero-order valence-corrected chi connectivity index (χ0v) is 11.5. The van der Waals surface area contributed by atoms with Crippen LogP contribution in [-0.2, 0) is 4.74 Å². The van der Waals surface area contributed by atoms with E-state index >= 15 is 0 Å². The van der Waals surface area contributed by atoms with Crippen molar-refractivity contribution in [2.75, 3.05) is 26.8 Å². The first-order valence-electron chi connectivity index (χ1n) is 6.29. The first kappa shape index (κ1) is 13.4. The first-order valence-corrected chi connectivity index (χ1v) is 6.74. The van der Waals surface area contributed by atoms with Crippen LogP contribution in [0, 0.1) is 5.92 Å². The van der Waals surface area contributed by atoms with Crippen LogP contribution in [-0.4, -0.2) is 37.6 Å². The number of thiol groups is 1. The van der Waals surface area contributed by atoms with Gasteiger partial charge in [-0.05, 0) is 43.0 Å². The van der Waals surface area contributed by atoms with Crippen molar-refractivity contribution in [2.45, 2.75) is 17.7 Å². The molecule has 1 fully saturated rings. The molecule has 0 spiro atoms. The van der Waals surface area contributed by atoms with Crippen molar-refractivity contribution in [1.82, 2.24) is 4.90 Å². The first-order chi connectivity index (χ1) is 8.66. The number of rotatable bonds is 3. The van der Waals surface area contributed by atoms with Crippen molar-refractivity contribution in [2.24, 2.45) is 5.92 Å². The van der Waals surface area contributed by atoms with Crippen LogP contribution in [0.3, 0.4) is 0 Å². The van der Waals surface area contributed by atoms with Gasteiger partial charge in [-0.2, -0.15) is 0 Å². The van der Waals surface area contributed by atoms with E-state index < -0.39 is 0 Å². The molecule has 1 aromatic carbocycles. The van der Waals surface area contributed by atoms with Crippen molar-refractivity contribution in [3.8, 4) is 0 Å². The fraction of sp³-hybridized carbons (Fsp3) is 0.500. The van der Waals surface area contributed by atoms with Gasteiger partial charge in [-0.25, -0.2) is 0 Å². The maximum atomic E-state index is 12.2. The van der Waals surface area contributed by atoms with E-state index in [0.717, 1.165) is 37.5 Å². The fourth-order valence-electron chi connectivity index (χ4n) is 2.25. The topological polar surface area (TPSA) is 29.5 Å². The molecule has 98 valence electrons. The number of benzene rings is 1. The molecule has 1 unspecified atom stereocenters. The average molecular weight is 265 g/mol. The summed E-state index contributed by atoms with van der Waals surface area (Å²) in [7, 11) is 1.85. The van der Waals surface area contributed by atoms with Gasteiger partial charge in [0.25, 0.3) is 5.91 Å². The minimum atomic E-state index is 0.0638. The Labute approximate surface area is 114 Å². The van der Waals surface area contributed by atoms with Gasteiger partial charge in [-0.15, -0.1) is 12.6 Å². The van der Waals surface area contributed by atoms with E-state index in [4.69, 9.17) is 4.74 Å². The molecule has 4 heteroatoms. The standard InChI is InChI=1S/C14H19NO2S/c1-15(9-11-3-2-8-17-10-11)14(16)12-4-6-13(18)7-5-12/h4-7,11,18H,2-3,8-10H2,1H3. The lowest BCUT2D eigenvalue weighted by molar-refractivity contribution is 0.0388. The molecule has 1 aromatic rings. The zero-order valence-electron chi connectivity index (χ0n) is 10.6. The van der Waals surface area contributed by atoms with Crippen molar-refractivity contribution >= 4 is 18.5 Å². The van der Waals surface area contributed by atoms with Gasteiger partial charge >= 0.3 is 0 Å². The second kappa shape index (κ2) is 6.25. The summed E-state index contributed by atoms with van der Waals surface area (Å²) in [6.07, 6.45) is 2.24. The Hall–Kier alpha value is -1.00. The molecule has 3 nitrogen and oxygen atoms in total. The molecular formula is C14H19NO2S. The number of hydrogen-bond acceptors (Lipinski definition) is 3. The normalized spacial score (nSPS) is 19.6. The van der Waals surface area contributed by atoms with Gasteiger partial charge < -0.3 is 9.64 Å². The number of ether oxygens (including phenoxy) is 1. The van der Waals surface area contributed by atoms with Crippen LogP contribution in [0.4, 0.5) is 0 Å². The smallest absolute Gasteiger partial charge is 0.253 e. The van der Waals surface area contributed by atoms with Gasteiger partial charge in [0, 0.05) is 30.7 Å². The molecule has 2 rings (SSSR count). The Morgan fingerprint density at radius 2 is 2.17 bits per heavy atom. The molecule has 0 radical (unpaired) electrons. The van der Waals surface area contributed by atoms with Gasteiger partial charge in [0.15, 0.2) is 0 Å². The Morgan fingerprint density at radius 3 is 2.78 bits per heavy atom. The molecule has 0 N–H and O–H groups in total. The molecule has 1 aliphatic rings. The maximum Gasteiger partial charge on any atom is 0.253 e. The third-order valence-corrected chi connectivity index (χ3v) is 3.55. The number of hydrogen-bond donors (Lipinski definition) is 1. The van der Waals surface area contributed by atoms with Crippen LogP contribution >= 0.6 is 12.6 Å². The van der Waals surface area contributed by atoms with Crippen LogP contribution in [0.2, 0.25) is 0 Å². The Kier molecular flexibility index (Phi) is 4.66.